The van der Waals surface area contributed by atoms with E-state index >= 15 is 0 Å². The molecule has 2 aromatic rings. The van der Waals surface area contributed by atoms with Crippen LogP contribution in [0.5, 0.6) is 0 Å². The van der Waals surface area contributed by atoms with Crippen LogP contribution < -0.4 is 5.32 Å². The number of aryl methyl sites for hydroxylation is 2. The van der Waals surface area contributed by atoms with Gasteiger partial charge in [0.25, 0.3) is 0 Å². The molecule has 27 heavy (non-hydrogen) atoms. The van der Waals surface area contributed by atoms with E-state index in [1.54, 1.807) is 0 Å². The minimum atomic E-state index is 0.00494. The van der Waals surface area contributed by atoms with E-state index in [4.69, 9.17) is 4.98 Å². The molecule has 2 unspecified atom stereocenters. The summed E-state index contributed by atoms with van der Waals surface area (Å²) in [7, 11) is 0. The molecule has 2 aliphatic heterocycles. The highest BCUT2D eigenvalue weighted by Gasteiger charge is 2.33. The molecule has 1 amide bonds. The molecule has 4 heterocycles. The number of carbonyl (C=O) groups is 1. The molecule has 0 radical (unpaired) electrons. The third-order valence-corrected chi connectivity index (χ3v) is 5.63. The molecule has 0 aliphatic carbocycles. The van der Waals surface area contributed by atoms with E-state index in [1.807, 2.05) is 29.6 Å². The summed E-state index contributed by atoms with van der Waals surface area (Å²) in [6.07, 6.45) is 5.26. The minimum absolute atomic E-state index is 0.00494. The lowest BCUT2D eigenvalue weighted by Crippen LogP contribution is -2.33. The van der Waals surface area contributed by atoms with Crippen LogP contribution in [-0.4, -0.2) is 43.6 Å². The van der Waals surface area contributed by atoms with Gasteiger partial charge in [0.05, 0.1) is 17.8 Å². The molecule has 0 aromatic carbocycles. The summed E-state index contributed by atoms with van der Waals surface area (Å²) < 4.78 is 1.96. The van der Waals surface area contributed by atoms with Gasteiger partial charge in [-0.1, -0.05) is 0 Å². The van der Waals surface area contributed by atoms with Crippen LogP contribution in [0.1, 0.15) is 66.7 Å². The zero-order valence-electron chi connectivity index (χ0n) is 16.4. The van der Waals surface area contributed by atoms with Crippen molar-refractivity contribution in [2.24, 2.45) is 0 Å². The standard InChI is InChI=1S/C20H28N6O/c1-13-9-14(2)26(24-13)15(3)10-19(27)25-8-4-5-18(25)20-22-12-16-11-21-7-6-17(16)23-20/h9,12,15,18,21H,4-8,10-11H2,1-3H3. The van der Waals surface area contributed by atoms with Crippen LogP contribution in [0.25, 0.3) is 0 Å². The van der Waals surface area contributed by atoms with Crippen LogP contribution in [0.15, 0.2) is 12.3 Å². The van der Waals surface area contributed by atoms with Crippen molar-refractivity contribution < 1.29 is 4.79 Å². The zero-order valence-corrected chi connectivity index (χ0v) is 16.4. The van der Waals surface area contributed by atoms with E-state index in [1.165, 1.54) is 5.56 Å². The number of hydrogen-bond donors (Lipinski definition) is 1. The Morgan fingerprint density at radius 3 is 3.04 bits per heavy atom. The summed E-state index contributed by atoms with van der Waals surface area (Å²) >= 11 is 0. The first-order chi connectivity index (χ1) is 13.0. The highest BCUT2D eigenvalue weighted by molar-refractivity contribution is 5.77. The van der Waals surface area contributed by atoms with Gasteiger partial charge >= 0.3 is 0 Å². The SMILES string of the molecule is Cc1cc(C)n(C(C)CC(=O)N2CCCC2c2ncc3c(n2)CCNC3)n1. The van der Waals surface area contributed by atoms with Crippen LogP contribution in [0.3, 0.4) is 0 Å². The van der Waals surface area contributed by atoms with Crippen molar-refractivity contribution in [2.75, 3.05) is 13.1 Å². The summed E-state index contributed by atoms with van der Waals surface area (Å²) in [5.41, 5.74) is 4.40. The van der Waals surface area contributed by atoms with Crippen LogP contribution in [0, 0.1) is 13.8 Å². The molecule has 2 aromatic heterocycles. The summed E-state index contributed by atoms with van der Waals surface area (Å²) in [5, 5.41) is 7.88. The van der Waals surface area contributed by atoms with E-state index in [2.05, 4.69) is 28.4 Å². The Morgan fingerprint density at radius 1 is 1.41 bits per heavy atom. The highest BCUT2D eigenvalue weighted by atomic mass is 16.2. The fraction of sp³-hybridized carbons (Fsp3) is 0.600. The molecule has 1 saturated heterocycles. The lowest BCUT2D eigenvalue weighted by Gasteiger charge is -2.26. The van der Waals surface area contributed by atoms with E-state index in [0.717, 1.165) is 61.8 Å². The Kier molecular flexibility index (Phi) is 4.95. The third kappa shape index (κ3) is 3.60. The van der Waals surface area contributed by atoms with E-state index in [-0.39, 0.29) is 18.0 Å². The molecule has 1 N–H and O–H groups in total. The largest absolute Gasteiger partial charge is 0.332 e. The van der Waals surface area contributed by atoms with Crippen molar-refractivity contribution in [3.05, 3.63) is 40.7 Å². The molecule has 7 heteroatoms. The Morgan fingerprint density at radius 2 is 2.26 bits per heavy atom. The van der Waals surface area contributed by atoms with Crippen molar-refractivity contribution in [3.63, 3.8) is 0 Å². The predicted molar refractivity (Wildman–Crippen MR) is 102 cm³/mol. The smallest absolute Gasteiger partial charge is 0.225 e. The van der Waals surface area contributed by atoms with Crippen molar-refractivity contribution >= 4 is 5.91 Å². The Bertz CT molecular complexity index is 845. The monoisotopic (exact) mass is 368 g/mol. The zero-order chi connectivity index (χ0) is 19.0. The second-order valence-electron chi connectivity index (χ2n) is 7.80. The number of fused-ring (bicyclic) bond motifs is 1. The van der Waals surface area contributed by atoms with Gasteiger partial charge < -0.3 is 10.2 Å². The van der Waals surface area contributed by atoms with Gasteiger partial charge in [-0.05, 0) is 39.7 Å². The predicted octanol–water partition coefficient (Wildman–Crippen LogP) is 2.25. The summed E-state index contributed by atoms with van der Waals surface area (Å²) in [4.78, 5) is 24.4. The number of rotatable bonds is 4. The van der Waals surface area contributed by atoms with Crippen molar-refractivity contribution in [3.8, 4) is 0 Å². The highest BCUT2D eigenvalue weighted by Crippen LogP contribution is 2.32. The normalized spacial score (nSPS) is 20.6. The quantitative estimate of drug-likeness (QED) is 0.896. The van der Waals surface area contributed by atoms with E-state index in [9.17, 15) is 4.79 Å². The van der Waals surface area contributed by atoms with Gasteiger partial charge in [-0.2, -0.15) is 5.10 Å². The second kappa shape index (κ2) is 7.38. The Labute approximate surface area is 160 Å². The van der Waals surface area contributed by atoms with Crippen molar-refractivity contribution in [2.45, 2.75) is 65.1 Å². The molecular formula is C20H28N6O. The maximum atomic E-state index is 13.0. The van der Waals surface area contributed by atoms with E-state index < -0.39 is 0 Å². The molecule has 2 aliphatic rings. The summed E-state index contributed by atoms with van der Waals surface area (Å²) in [6.45, 7) is 8.66. The average molecular weight is 368 g/mol. The van der Waals surface area contributed by atoms with Gasteiger partial charge in [0.15, 0.2) is 5.82 Å². The van der Waals surface area contributed by atoms with Crippen LogP contribution in [-0.2, 0) is 17.8 Å². The van der Waals surface area contributed by atoms with Crippen molar-refractivity contribution in [1.29, 1.82) is 0 Å². The number of nitrogens with zero attached hydrogens (tertiary/aromatic N) is 5. The molecule has 0 spiro atoms. The number of nitrogens with one attached hydrogen (secondary N) is 1. The van der Waals surface area contributed by atoms with Gasteiger partial charge in [0.2, 0.25) is 5.91 Å². The topological polar surface area (TPSA) is 75.9 Å². The summed E-state index contributed by atoms with van der Waals surface area (Å²) in [5.74, 6) is 0.973. The average Bonchev–Trinajstić information content (AvgIpc) is 3.27. The number of likely N-dealkylation sites (tertiary alicyclic amines) is 1. The second-order valence-corrected chi connectivity index (χ2v) is 7.80. The first-order valence-corrected chi connectivity index (χ1v) is 9.90. The Hall–Kier alpha value is -2.28. The molecule has 144 valence electrons. The number of amides is 1. The maximum Gasteiger partial charge on any atom is 0.225 e. The molecule has 7 nitrogen and oxygen atoms in total. The molecule has 4 rings (SSSR count). The molecular weight excluding hydrogens is 340 g/mol. The first kappa shape index (κ1) is 18.1. The number of aromatic nitrogens is 4. The third-order valence-electron chi connectivity index (χ3n) is 5.63. The lowest BCUT2D eigenvalue weighted by molar-refractivity contribution is -0.133. The minimum Gasteiger partial charge on any atom is -0.332 e. The molecule has 0 bridgehead atoms. The number of hydrogen-bond acceptors (Lipinski definition) is 5. The van der Waals surface area contributed by atoms with Gasteiger partial charge in [-0.15, -0.1) is 0 Å². The van der Waals surface area contributed by atoms with Gasteiger partial charge in [0.1, 0.15) is 0 Å². The maximum absolute atomic E-state index is 13.0. The number of carbonyl (C=O) groups excluding carboxylic acids is 1. The van der Waals surface area contributed by atoms with Crippen LogP contribution in [0.2, 0.25) is 0 Å². The summed E-state index contributed by atoms with van der Waals surface area (Å²) in [6, 6.07) is 2.10. The molecule has 0 saturated carbocycles. The van der Waals surface area contributed by atoms with Gasteiger partial charge in [-0.25, -0.2) is 9.97 Å². The van der Waals surface area contributed by atoms with Crippen molar-refractivity contribution in [1.82, 2.24) is 30.0 Å². The molecule has 1 fully saturated rings. The molecule has 2 atom stereocenters. The van der Waals surface area contributed by atoms with Crippen LogP contribution >= 0.6 is 0 Å². The lowest BCUT2D eigenvalue weighted by atomic mass is 10.1. The first-order valence-electron chi connectivity index (χ1n) is 9.90. The fourth-order valence-electron chi connectivity index (χ4n) is 4.29. The van der Waals surface area contributed by atoms with E-state index in [0.29, 0.717) is 6.42 Å². The van der Waals surface area contributed by atoms with Gasteiger partial charge in [0, 0.05) is 55.6 Å². The van der Waals surface area contributed by atoms with Gasteiger partial charge in [-0.3, -0.25) is 9.48 Å². The Balaban J connectivity index is 1.49. The van der Waals surface area contributed by atoms with Crippen LogP contribution in [0.4, 0.5) is 0 Å². The fourth-order valence-corrected chi connectivity index (χ4v) is 4.29.